The lowest BCUT2D eigenvalue weighted by Gasteiger charge is -2.11. The summed E-state index contributed by atoms with van der Waals surface area (Å²) in [5.41, 5.74) is 17.3. The number of amides is 1. The number of unbranched alkanes of at least 4 members (excludes halogenated alkanes) is 1. The lowest BCUT2D eigenvalue weighted by molar-refractivity contribution is 0.0971. The predicted molar refractivity (Wildman–Crippen MR) is 124 cm³/mol. The molecule has 0 aliphatic carbocycles. The summed E-state index contributed by atoms with van der Waals surface area (Å²) in [5.74, 6) is -0.447. The Morgan fingerprint density at radius 3 is 2.44 bits per heavy atom. The Morgan fingerprint density at radius 1 is 1.03 bits per heavy atom. The maximum absolute atomic E-state index is 12.2. The van der Waals surface area contributed by atoms with Crippen molar-refractivity contribution >= 4 is 41.1 Å². The first-order chi connectivity index (χ1) is 15.3. The van der Waals surface area contributed by atoms with Crippen LogP contribution in [-0.4, -0.2) is 47.5 Å². The monoisotopic (exact) mass is 462 g/mol. The van der Waals surface area contributed by atoms with Gasteiger partial charge in [-0.15, -0.1) is 0 Å². The summed E-state index contributed by atoms with van der Waals surface area (Å²) < 4.78 is 5.55. The van der Waals surface area contributed by atoms with Crippen LogP contribution >= 0.6 is 11.6 Å². The van der Waals surface area contributed by atoms with Gasteiger partial charge in [0.25, 0.3) is 5.91 Å². The number of nitrogen functional groups attached to an aromatic ring is 2. The van der Waals surface area contributed by atoms with Gasteiger partial charge >= 0.3 is 0 Å². The van der Waals surface area contributed by atoms with Crippen LogP contribution in [0.3, 0.4) is 0 Å². The number of benzene rings is 1. The molecule has 11 N–H and O–H groups in total. The molecule has 1 heterocycles. The third-order valence-corrected chi connectivity index (χ3v) is 4.44. The average molecular weight is 463 g/mol. The average Bonchev–Trinajstić information content (AvgIpc) is 2.74. The molecule has 0 atom stereocenters. The minimum absolute atomic E-state index is 0.0713. The molecule has 1 aromatic heterocycles. The molecule has 12 nitrogen and oxygen atoms in total. The van der Waals surface area contributed by atoms with Gasteiger partial charge in [0.1, 0.15) is 12.4 Å². The molecule has 0 saturated carbocycles. The summed E-state index contributed by atoms with van der Waals surface area (Å²) in [6.45, 7) is 1.39. The van der Waals surface area contributed by atoms with E-state index in [-0.39, 0.29) is 34.4 Å². The Hall–Kier alpha value is -3.80. The molecule has 0 radical (unpaired) electrons. The first-order valence-corrected chi connectivity index (χ1v) is 10.2. The van der Waals surface area contributed by atoms with Gasteiger partial charge in [-0.3, -0.25) is 20.9 Å². The van der Waals surface area contributed by atoms with Crippen LogP contribution in [0.25, 0.3) is 0 Å². The second-order valence-corrected chi connectivity index (χ2v) is 7.04. The van der Waals surface area contributed by atoms with Crippen LogP contribution in [0, 0.1) is 10.8 Å². The van der Waals surface area contributed by atoms with Crippen molar-refractivity contribution in [1.29, 1.82) is 10.8 Å². The number of guanidine groups is 2. The molecule has 0 spiro atoms. The Balaban J connectivity index is 1.64. The van der Waals surface area contributed by atoms with Crippen LogP contribution in [-0.2, 0) is 6.42 Å². The molecule has 0 aliphatic heterocycles. The van der Waals surface area contributed by atoms with Gasteiger partial charge in [-0.25, -0.2) is 9.97 Å². The summed E-state index contributed by atoms with van der Waals surface area (Å²) in [4.78, 5) is 19.7. The maximum atomic E-state index is 12.2. The molecule has 2 rings (SSSR count). The van der Waals surface area contributed by atoms with Gasteiger partial charge in [-0.05, 0) is 37.0 Å². The molecule has 172 valence electrons. The molecule has 32 heavy (non-hydrogen) atoms. The number of halogens is 1. The predicted octanol–water partition coefficient (Wildman–Crippen LogP) is 0.433. The third kappa shape index (κ3) is 8.14. The minimum Gasteiger partial charge on any atom is -0.492 e. The van der Waals surface area contributed by atoms with Gasteiger partial charge in [0.05, 0.1) is 6.54 Å². The number of aromatic nitrogens is 2. The van der Waals surface area contributed by atoms with Crippen LogP contribution in [0.5, 0.6) is 5.75 Å². The van der Waals surface area contributed by atoms with Crippen molar-refractivity contribution in [3.8, 4) is 5.75 Å². The van der Waals surface area contributed by atoms with E-state index in [0.717, 1.165) is 30.6 Å². The summed E-state index contributed by atoms with van der Waals surface area (Å²) in [6, 6.07) is 7.77. The first-order valence-electron chi connectivity index (χ1n) is 9.78. The van der Waals surface area contributed by atoms with E-state index in [1.165, 1.54) is 0 Å². The molecule has 2 aromatic rings. The van der Waals surface area contributed by atoms with E-state index >= 15 is 0 Å². The lowest BCUT2D eigenvalue weighted by Crippen LogP contribution is -2.41. The second kappa shape index (κ2) is 12.2. The summed E-state index contributed by atoms with van der Waals surface area (Å²) >= 11 is 5.76. The van der Waals surface area contributed by atoms with Crippen molar-refractivity contribution in [2.75, 3.05) is 31.2 Å². The van der Waals surface area contributed by atoms with Crippen molar-refractivity contribution < 1.29 is 9.53 Å². The second-order valence-electron chi connectivity index (χ2n) is 6.68. The van der Waals surface area contributed by atoms with Gasteiger partial charge in [-0.2, -0.15) is 0 Å². The van der Waals surface area contributed by atoms with E-state index in [1.807, 2.05) is 24.3 Å². The third-order valence-electron chi connectivity index (χ3n) is 4.16. The zero-order valence-corrected chi connectivity index (χ0v) is 18.1. The Morgan fingerprint density at radius 2 is 1.75 bits per heavy atom. The topological polar surface area (TPSA) is 214 Å². The first kappa shape index (κ1) is 24.5. The fourth-order valence-corrected chi connectivity index (χ4v) is 2.73. The molecular formula is C19H27ClN10O2. The molecule has 1 amide bonds. The number of nitrogens with zero attached hydrogens (tertiary/aromatic N) is 2. The van der Waals surface area contributed by atoms with Crippen LogP contribution in [0.2, 0.25) is 5.15 Å². The number of carbonyl (C=O) groups excluding carboxylic acids is 1. The molecule has 1 aromatic carbocycles. The largest absolute Gasteiger partial charge is 0.492 e. The Kier molecular flexibility index (Phi) is 9.29. The number of anilines is 2. The van der Waals surface area contributed by atoms with E-state index in [4.69, 9.17) is 44.4 Å². The molecule has 0 aliphatic rings. The number of hydrogen-bond acceptors (Lipinski definition) is 8. The summed E-state index contributed by atoms with van der Waals surface area (Å²) in [5, 5.41) is 22.6. The molecule has 0 saturated heterocycles. The Labute approximate surface area is 190 Å². The van der Waals surface area contributed by atoms with E-state index in [9.17, 15) is 4.79 Å². The highest BCUT2D eigenvalue weighted by molar-refractivity contribution is 6.31. The zero-order valence-electron chi connectivity index (χ0n) is 17.4. The van der Waals surface area contributed by atoms with Crippen LogP contribution in [0.15, 0.2) is 24.3 Å². The molecule has 0 bridgehead atoms. The Bertz CT molecular complexity index is 952. The van der Waals surface area contributed by atoms with E-state index in [1.54, 1.807) is 0 Å². The van der Waals surface area contributed by atoms with E-state index in [0.29, 0.717) is 19.7 Å². The van der Waals surface area contributed by atoms with Gasteiger partial charge in [0, 0.05) is 6.54 Å². The van der Waals surface area contributed by atoms with Gasteiger partial charge in [0.15, 0.2) is 34.4 Å². The highest BCUT2D eigenvalue weighted by Gasteiger charge is 2.16. The summed E-state index contributed by atoms with van der Waals surface area (Å²) in [6.07, 6.45) is 2.55. The normalized spacial score (nSPS) is 10.3. The van der Waals surface area contributed by atoms with Crippen LogP contribution in [0.4, 0.5) is 11.6 Å². The maximum Gasteiger partial charge on any atom is 0.280 e. The van der Waals surface area contributed by atoms with Gasteiger partial charge in [0.2, 0.25) is 0 Å². The molecule has 0 unspecified atom stereocenters. The number of aryl methyl sites for hydroxylation is 1. The lowest BCUT2D eigenvalue weighted by atomic mass is 10.1. The van der Waals surface area contributed by atoms with Crippen molar-refractivity contribution in [2.24, 2.45) is 5.73 Å². The molecular weight excluding hydrogens is 436 g/mol. The number of carbonyl (C=O) groups is 1. The van der Waals surface area contributed by atoms with Crippen molar-refractivity contribution in [3.63, 3.8) is 0 Å². The summed E-state index contributed by atoms with van der Waals surface area (Å²) in [7, 11) is 0. The number of nitrogens with two attached hydrogens (primary N) is 3. The number of ether oxygens (including phenoxy) is 1. The minimum atomic E-state index is -0.700. The smallest absolute Gasteiger partial charge is 0.280 e. The number of rotatable bonds is 10. The fraction of sp³-hybridized carbons (Fsp3) is 0.316. The zero-order chi connectivity index (χ0) is 23.5. The molecule has 13 heteroatoms. The van der Waals surface area contributed by atoms with Gasteiger partial charge < -0.3 is 32.6 Å². The highest BCUT2D eigenvalue weighted by atomic mass is 35.5. The fourth-order valence-electron chi connectivity index (χ4n) is 2.60. The van der Waals surface area contributed by atoms with E-state index < -0.39 is 5.91 Å². The molecule has 0 fully saturated rings. The van der Waals surface area contributed by atoms with Crippen molar-refractivity contribution in [3.05, 3.63) is 40.7 Å². The van der Waals surface area contributed by atoms with Crippen molar-refractivity contribution in [2.45, 2.75) is 19.3 Å². The van der Waals surface area contributed by atoms with Gasteiger partial charge in [-0.1, -0.05) is 23.7 Å². The standard InChI is InChI=1S/C19H27ClN10O2/c20-14-16(22)29-15(21)13(28-14)17(31)30-19(25)27-8-2-1-3-11-4-6-12(7-5-11)32-10-9-26-18(23)24/h4-7H,1-3,8-10H2,(H4,21,22,29)(H4,23,24,26)(H3,25,27,30,31). The van der Waals surface area contributed by atoms with Crippen molar-refractivity contribution in [1.82, 2.24) is 25.9 Å². The van der Waals surface area contributed by atoms with Crippen LogP contribution < -0.4 is 37.9 Å². The number of hydrogen-bond donors (Lipinski definition) is 8. The van der Waals surface area contributed by atoms with Crippen LogP contribution in [0.1, 0.15) is 28.9 Å². The quantitative estimate of drug-likeness (QED) is 0.139. The van der Waals surface area contributed by atoms with E-state index in [2.05, 4.69) is 25.9 Å². The highest BCUT2D eigenvalue weighted by Crippen LogP contribution is 2.17. The SMILES string of the molecule is N=C(N)NCCOc1ccc(CCCCNC(=N)NC(=O)c2nc(Cl)c(N)nc2N)cc1. The number of nitrogens with one attached hydrogen (secondary N) is 5.